The quantitative estimate of drug-likeness (QED) is 0.858. The van der Waals surface area contributed by atoms with Gasteiger partial charge in [-0.2, -0.15) is 13.2 Å². The lowest BCUT2D eigenvalue weighted by molar-refractivity contribution is -0.147. The number of aryl methyl sites for hydroxylation is 1. The van der Waals surface area contributed by atoms with Crippen LogP contribution in [0.2, 0.25) is 0 Å². The van der Waals surface area contributed by atoms with Crippen LogP contribution in [-0.4, -0.2) is 42.8 Å². The number of ether oxygens (including phenoxy) is 1. The molecule has 1 saturated heterocycles. The van der Waals surface area contributed by atoms with Gasteiger partial charge in [-0.1, -0.05) is 0 Å². The minimum atomic E-state index is -4.39. The molecule has 2 rings (SSSR count). The molecule has 3 nitrogen and oxygen atoms in total. The SMILES string of the molecule is Cc1csc(C(=O)N(CC(F)(F)F)C2CCOCC2)c1. The molecule has 0 bridgehead atoms. The summed E-state index contributed by atoms with van der Waals surface area (Å²) in [4.78, 5) is 13.6. The van der Waals surface area contributed by atoms with E-state index in [1.165, 1.54) is 11.3 Å². The number of alkyl halides is 3. The third-order valence-electron chi connectivity index (χ3n) is 3.18. The standard InChI is InChI=1S/C13H16F3NO2S/c1-9-6-11(20-7-9)12(18)17(8-13(14,15)16)10-2-4-19-5-3-10/h6-7,10H,2-5,8H2,1H3. The molecule has 0 unspecified atom stereocenters. The van der Waals surface area contributed by atoms with E-state index in [1.807, 2.05) is 6.92 Å². The molecule has 1 aliphatic rings. The Kier molecular flexibility index (Phi) is 4.70. The summed E-state index contributed by atoms with van der Waals surface area (Å²) in [6, 6.07) is 1.23. The highest BCUT2D eigenvalue weighted by molar-refractivity contribution is 7.12. The van der Waals surface area contributed by atoms with Crippen molar-refractivity contribution < 1.29 is 22.7 Å². The fourth-order valence-electron chi connectivity index (χ4n) is 2.24. The molecule has 0 aromatic carbocycles. The molecule has 7 heteroatoms. The molecule has 0 spiro atoms. The summed E-state index contributed by atoms with van der Waals surface area (Å²) < 4.78 is 43.3. The molecule has 0 aliphatic carbocycles. The van der Waals surface area contributed by atoms with E-state index < -0.39 is 24.7 Å². The number of carbonyl (C=O) groups excluding carboxylic acids is 1. The lowest BCUT2D eigenvalue weighted by atomic mass is 10.1. The minimum absolute atomic E-state index is 0.359. The molecule has 1 aliphatic heterocycles. The largest absolute Gasteiger partial charge is 0.406 e. The summed E-state index contributed by atoms with van der Waals surface area (Å²) in [5.41, 5.74) is 0.886. The maximum absolute atomic E-state index is 12.7. The molecule has 1 aromatic rings. The second kappa shape index (κ2) is 6.13. The second-order valence-electron chi connectivity index (χ2n) is 4.88. The lowest BCUT2D eigenvalue weighted by Crippen LogP contribution is -2.47. The Labute approximate surface area is 119 Å². The maximum atomic E-state index is 12.7. The zero-order chi connectivity index (χ0) is 14.8. The van der Waals surface area contributed by atoms with Crippen LogP contribution in [0.4, 0.5) is 13.2 Å². The smallest absolute Gasteiger partial charge is 0.381 e. The highest BCUT2D eigenvalue weighted by atomic mass is 32.1. The van der Waals surface area contributed by atoms with Gasteiger partial charge < -0.3 is 9.64 Å². The Bertz CT molecular complexity index is 466. The van der Waals surface area contributed by atoms with Crippen molar-refractivity contribution in [1.29, 1.82) is 0 Å². The highest BCUT2D eigenvalue weighted by Gasteiger charge is 2.37. The van der Waals surface area contributed by atoms with Crippen LogP contribution in [0.3, 0.4) is 0 Å². The summed E-state index contributed by atoms with van der Waals surface area (Å²) >= 11 is 1.19. The van der Waals surface area contributed by atoms with Crippen LogP contribution in [0.1, 0.15) is 28.1 Å². The van der Waals surface area contributed by atoms with Crippen molar-refractivity contribution in [2.45, 2.75) is 32.0 Å². The first-order valence-corrected chi connectivity index (χ1v) is 7.25. The first kappa shape index (κ1) is 15.3. The molecule has 1 amide bonds. The van der Waals surface area contributed by atoms with Gasteiger partial charge in [-0.3, -0.25) is 4.79 Å². The number of hydrogen-bond donors (Lipinski definition) is 0. The number of nitrogens with zero attached hydrogens (tertiary/aromatic N) is 1. The summed E-state index contributed by atoms with van der Waals surface area (Å²) in [5.74, 6) is -0.535. The monoisotopic (exact) mass is 307 g/mol. The van der Waals surface area contributed by atoms with E-state index in [0.29, 0.717) is 30.9 Å². The van der Waals surface area contributed by atoms with Gasteiger partial charge in [0.2, 0.25) is 0 Å². The normalized spacial score (nSPS) is 17.2. The number of carbonyl (C=O) groups is 1. The first-order valence-electron chi connectivity index (χ1n) is 6.37. The number of rotatable bonds is 3. The van der Waals surface area contributed by atoms with Crippen LogP contribution < -0.4 is 0 Å². The van der Waals surface area contributed by atoms with Crippen molar-refractivity contribution in [3.8, 4) is 0 Å². The predicted octanol–water partition coefficient (Wildman–Crippen LogP) is 3.24. The van der Waals surface area contributed by atoms with Gasteiger partial charge in [-0.05, 0) is 36.8 Å². The number of halogens is 3. The van der Waals surface area contributed by atoms with E-state index >= 15 is 0 Å². The summed E-state index contributed by atoms with van der Waals surface area (Å²) in [7, 11) is 0. The van der Waals surface area contributed by atoms with Crippen LogP contribution >= 0.6 is 11.3 Å². The Morgan fingerprint density at radius 2 is 2.10 bits per heavy atom. The molecular weight excluding hydrogens is 291 g/mol. The molecule has 0 atom stereocenters. The number of thiophene rings is 1. The number of hydrogen-bond acceptors (Lipinski definition) is 3. The third-order valence-corrected chi connectivity index (χ3v) is 4.22. The topological polar surface area (TPSA) is 29.5 Å². The van der Waals surface area contributed by atoms with Gasteiger partial charge in [0.15, 0.2) is 0 Å². The molecule has 1 aromatic heterocycles. The van der Waals surface area contributed by atoms with Crippen molar-refractivity contribution in [2.24, 2.45) is 0 Å². The van der Waals surface area contributed by atoms with E-state index in [1.54, 1.807) is 11.4 Å². The van der Waals surface area contributed by atoms with Crippen LogP contribution in [0, 0.1) is 6.92 Å². The Balaban J connectivity index is 2.18. The average molecular weight is 307 g/mol. The van der Waals surface area contributed by atoms with Gasteiger partial charge in [0.1, 0.15) is 6.54 Å². The average Bonchev–Trinajstić information content (AvgIpc) is 2.82. The van der Waals surface area contributed by atoms with Crippen molar-refractivity contribution >= 4 is 17.2 Å². The van der Waals surface area contributed by atoms with E-state index in [-0.39, 0.29) is 0 Å². The molecule has 1 fully saturated rings. The third kappa shape index (κ3) is 3.96. The van der Waals surface area contributed by atoms with Gasteiger partial charge in [0.05, 0.1) is 4.88 Å². The zero-order valence-corrected chi connectivity index (χ0v) is 11.9. The maximum Gasteiger partial charge on any atom is 0.406 e. The van der Waals surface area contributed by atoms with Gasteiger partial charge >= 0.3 is 6.18 Å². The molecule has 0 saturated carbocycles. The van der Waals surface area contributed by atoms with E-state index in [9.17, 15) is 18.0 Å². The van der Waals surface area contributed by atoms with Crippen LogP contribution in [0.25, 0.3) is 0 Å². The van der Waals surface area contributed by atoms with Crippen molar-refractivity contribution in [3.63, 3.8) is 0 Å². The summed E-state index contributed by atoms with van der Waals surface area (Å²) in [6.07, 6.45) is -3.49. The number of amides is 1. The lowest BCUT2D eigenvalue weighted by Gasteiger charge is -2.34. The molecule has 2 heterocycles. The second-order valence-corrected chi connectivity index (χ2v) is 5.79. The van der Waals surface area contributed by atoms with Crippen molar-refractivity contribution in [3.05, 3.63) is 21.9 Å². The molecule has 0 radical (unpaired) electrons. The van der Waals surface area contributed by atoms with E-state index in [4.69, 9.17) is 4.74 Å². The Morgan fingerprint density at radius 3 is 2.60 bits per heavy atom. The molecule has 20 heavy (non-hydrogen) atoms. The fraction of sp³-hybridized carbons (Fsp3) is 0.615. The predicted molar refractivity (Wildman–Crippen MR) is 70.0 cm³/mol. The van der Waals surface area contributed by atoms with Gasteiger partial charge in [0.25, 0.3) is 5.91 Å². The fourth-order valence-corrected chi connectivity index (χ4v) is 3.09. The minimum Gasteiger partial charge on any atom is -0.381 e. The van der Waals surface area contributed by atoms with Gasteiger partial charge in [-0.25, -0.2) is 0 Å². The van der Waals surface area contributed by atoms with Crippen LogP contribution in [0.5, 0.6) is 0 Å². The Hall–Kier alpha value is -1.08. The van der Waals surface area contributed by atoms with Gasteiger partial charge in [0, 0.05) is 19.3 Å². The van der Waals surface area contributed by atoms with Crippen molar-refractivity contribution in [1.82, 2.24) is 4.90 Å². The zero-order valence-electron chi connectivity index (χ0n) is 11.1. The Morgan fingerprint density at radius 1 is 1.45 bits per heavy atom. The first-order chi connectivity index (χ1) is 9.37. The molecule has 112 valence electrons. The summed E-state index contributed by atoms with van der Waals surface area (Å²) in [6.45, 7) is 1.41. The van der Waals surface area contributed by atoms with Crippen LogP contribution in [0.15, 0.2) is 11.4 Å². The molecular formula is C13H16F3NO2S. The van der Waals surface area contributed by atoms with Gasteiger partial charge in [-0.15, -0.1) is 11.3 Å². The summed E-state index contributed by atoms with van der Waals surface area (Å²) in [5, 5.41) is 1.77. The highest BCUT2D eigenvalue weighted by Crippen LogP contribution is 2.26. The molecule has 0 N–H and O–H groups in total. The van der Waals surface area contributed by atoms with Crippen LogP contribution in [-0.2, 0) is 4.74 Å². The van der Waals surface area contributed by atoms with E-state index in [2.05, 4.69) is 0 Å². The van der Waals surface area contributed by atoms with E-state index in [0.717, 1.165) is 10.5 Å². The van der Waals surface area contributed by atoms with Crippen molar-refractivity contribution in [2.75, 3.05) is 19.8 Å².